The van der Waals surface area contributed by atoms with E-state index in [0.717, 1.165) is 76.8 Å². The van der Waals surface area contributed by atoms with Crippen molar-refractivity contribution in [3.63, 3.8) is 0 Å². The lowest BCUT2D eigenvalue weighted by atomic mass is 10.1. The van der Waals surface area contributed by atoms with Crippen molar-refractivity contribution in [1.29, 1.82) is 0 Å². The lowest BCUT2D eigenvalue weighted by Crippen LogP contribution is -2.22. The van der Waals surface area contributed by atoms with Crippen LogP contribution in [-0.2, 0) is 17.8 Å². The first-order valence-electron chi connectivity index (χ1n) is 12.5. The third-order valence-corrected chi connectivity index (χ3v) is 5.84. The third kappa shape index (κ3) is 12.0. The zero-order chi connectivity index (χ0) is 25.3. The monoisotopic (exact) mass is 487 g/mol. The Balaban J connectivity index is 1.39. The van der Waals surface area contributed by atoms with Gasteiger partial charge in [0.25, 0.3) is 0 Å². The number of rotatable bonds is 18. The summed E-state index contributed by atoms with van der Waals surface area (Å²) in [7, 11) is 0. The molecular formula is C27H41N3O5. The highest BCUT2D eigenvalue weighted by atomic mass is 16.5. The number of aromatic hydroxyl groups is 1. The molecule has 0 radical (unpaired) electrons. The van der Waals surface area contributed by atoms with Crippen LogP contribution < -0.4 is 16.4 Å². The van der Waals surface area contributed by atoms with Gasteiger partial charge in [-0.15, -0.1) is 0 Å². The molecule has 0 unspecified atom stereocenters. The molecule has 2 amide bonds. The smallest absolute Gasteiger partial charge is 0.316 e. The molecule has 7 N–H and O–H groups in total. The molecule has 8 nitrogen and oxygen atoms in total. The second kappa shape index (κ2) is 16.9. The lowest BCUT2D eigenvalue weighted by Gasteiger charge is -2.14. The number of urea groups is 1. The molecule has 35 heavy (non-hydrogen) atoms. The predicted molar refractivity (Wildman–Crippen MR) is 138 cm³/mol. The number of phenols is 1. The molecule has 0 saturated heterocycles. The minimum absolute atomic E-state index is 0.0410. The zero-order valence-electron chi connectivity index (χ0n) is 20.5. The fourth-order valence-corrected chi connectivity index (χ4v) is 3.86. The van der Waals surface area contributed by atoms with Crippen molar-refractivity contribution >= 4 is 11.7 Å². The number of nitrogens with two attached hydrogens (primary N) is 1. The lowest BCUT2D eigenvalue weighted by molar-refractivity contribution is 0.126. The number of aliphatic hydroxyl groups is 2. The third-order valence-electron chi connectivity index (χ3n) is 5.84. The van der Waals surface area contributed by atoms with Gasteiger partial charge in [-0.25, -0.2) is 4.79 Å². The Bertz CT molecular complexity index is 878. The number of hydrogen-bond donors (Lipinski definition) is 6. The van der Waals surface area contributed by atoms with Crippen molar-refractivity contribution in [3.05, 3.63) is 59.2 Å². The minimum atomic E-state index is -0.668. The first-order valence-corrected chi connectivity index (χ1v) is 12.5. The normalized spacial score (nSPS) is 11.9. The number of anilines is 1. The van der Waals surface area contributed by atoms with E-state index in [1.807, 2.05) is 18.2 Å². The Kier molecular flexibility index (Phi) is 13.8. The molecule has 0 aliphatic carbocycles. The molecule has 2 rings (SSSR count). The number of nitrogens with one attached hydrogen (secondary N) is 2. The number of benzene rings is 2. The molecule has 1 atom stereocenters. The number of aliphatic hydroxyl groups excluding tert-OH is 2. The number of aryl methyl sites for hydroxylation is 1. The van der Waals surface area contributed by atoms with Crippen molar-refractivity contribution < 1.29 is 24.9 Å². The van der Waals surface area contributed by atoms with Crippen LogP contribution in [0.15, 0.2) is 42.5 Å². The summed E-state index contributed by atoms with van der Waals surface area (Å²) in [6, 6.07) is 12.0. The number of carbonyl (C=O) groups excluding carboxylic acids is 1. The van der Waals surface area contributed by atoms with Crippen molar-refractivity contribution in [1.82, 2.24) is 5.32 Å². The van der Waals surface area contributed by atoms with Crippen molar-refractivity contribution in [3.8, 4) is 5.75 Å². The van der Waals surface area contributed by atoms with Crippen LogP contribution in [0, 0.1) is 0 Å². The number of unbranched alkanes of at least 4 members (excludes halogenated alkanes) is 5. The molecule has 0 aliphatic rings. The number of primary amides is 1. The maximum atomic E-state index is 10.9. The van der Waals surface area contributed by atoms with E-state index >= 15 is 0 Å². The SMILES string of the molecule is NC(=O)Nc1cccc(CCCCCOCCCCCCNC[C@H](O)c2ccc(O)c(CO)c2)c1. The Morgan fingerprint density at radius 1 is 0.971 bits per heavy atom. The quantitative estimate of drug-likeness (QED) is 0.176. The zero-order valence-corrected chi connectivity index (χ0v) is 20.5. The van der Waals surface area contributed by atoms with E-state index in [-0.39, 0.29) is 12.4 Å². The van der Waals surface area contributed by atoms with Crippen LogP contribution in [-0.4, -0.2) is 47.7 Å². The molecule has 0 aliphatic heterocycles. The molecule has 2 aromatic carbocycles. The topological polar surface area (TPSA) is 137 Å². The van der Waals surface area contributed by atoms with Gasteiger partial charge in [0, 0.05) is 31.0 Å². The van der Waals surface area contributed by atoms with Crippen LogP contribution in [0.2, 0.25) is 0 Å². The highest BCUT2D eigenvalue weighted by Gasteiger charge is 2.09. The maximum Gasteiger partial charge on any atom is 0.316 e. The van der Waals surface area contributed by atoms with Crippen LogP contribution in [0.25, 0.3) is 0 Å². The van der Waals surface area contributed by atoms with Gasteiger partial charge >= 0.3 is 6.03 Å². The summed E-state index contributed by atoms with van der Waals surface area (Å²) >= 11 is 0. The van der Waals surface area contributed by atoms with Gasteiger partial charge in [0.05, 0.1) is 12.7 Å². The molecule has 0 spiro atoms. The number of carbonyl (C=O) groups is 1. The van der Waals surface area contributed by atoms with Crippen LogP contribution in [0.4, 0.5) is 10.5 Å². The van der Waals surface area contributed by atoms with Crippen molar-refractivity contribution in [2.24, 2.45) is 5.73 Å². The summed E-state index contributed by atoms with van der Waals surface area (Å²) < 4.78 is 5.74. The Hall–Kier alpha value is -2.65. The molecule has 0 aromatic heterocycles. The first-order chi connectivity index (χ1) is 17.0. The van der Waals surface area contributed by atoms with E-state index in [1.165, 1.54) is 11.6 Å². The second-order valence-corrected chi connectivity index (χ2v) is 8.79. The number of hydrogen-bond acceptors (Lipinski definition) is 6. The van der Waals surface area contributed by atoms with E-state index < -0.39 is 12.1 Å². The van der Waals surface area contributed by atoms with Crippen LogP contribution >= 0.6 is 0 Å². The van der Waals surface area contributed by atoms with E-state index in [2.05, 4.69) is 16.7 Å². The Morgan fingerprint density at radius 2 is 1.71 bits per heavy atom. The van der Waals surface area contributed by atoms with E-state index in [4.69, 9.17) is 10.5 Å². The minimum Gasteiger partial charge on any atom is -0.508 e. The summed E-state index contributed by atoms with van der Waals surface area (Å²) in [4.78, 5) is 10.9. The summed E-state index contributed by atoms with van der Waals surface area (Å²) in [5.74, 6) is 0.0410. The highest BCUT2D eigenvalue weighted by Crippen LogP contribution is 2.22. The molecule has 194 valence electrons. The van der Waals surface area contributed by atoms with Gasteiger partial charge in [0.2, 0.25) is 0 Å². The van der Waals surface area contributed by atoms with E-state index in [9.17, 15) is 20.1 Å². The predicted octanol–water partition coefficient (Wildman–Crippen LogP) is 3.99. The summed E-state index contributed by atoms with van der Waals surface area (Å²) in [6.45, 7) is 2.61. The molecule has 0 heterocycles. The van der Waals surface area contributed by atoms with Gasteiger partial charge in [-0.05, 0) is 74.0 Å². The summed E-state index contributed by atoms with van der Waals surface area (Å²) in [5.41, 5.74) is 8.18. The molecule has 0 fully saturated rings. The fourth-order valence-electron chi connectivity index (χ4n) is 3.86. The average Bonchev–Trinajstić information content (AvgIpc) is 2.84. The van der Waals surface area contributed by atoms with E-state index in [0.29, 0.717) is 17.7 Å². The van der Waals surface area contributed by atoms with Gasteiger partial charge in [-0.3, -0.25) is 0 Å². The first kappa shape index (κ1) is 28.6. The fraction of sp³-hybridized carbons (Fsp3) is 0.519. The Morgan fingerprint density at radius 3 is 2.46 bits per heavy atom. The maximum absolute atomic E-state index is 10.9. The highest BCUT2D eigenvalue weighted by molar-refractivity contribution is 5.87. The van der Waals surface area contributed by atoms with E-state index in [1.54, 1.807) is 12.1 Å². The van der Waals surface area contributed by atoms with Crippen molar-refractivity contribution in [2.45, 2.75) is 64.1 Å². The molecule has 0 bridgehead atoms. The number of ether oxygens (including phenoxy) is 1. The largest absolute Gasteiger partial charge is 0.508 e. The molecule has 8 heteroatoms. The van der Waals surface area contributed by atoms with Crippen molar-refractivity contribution in [2.75, 3.05) is 31.6 Å². The van der Waals surface area contributed by atoms with Gasteiger partial charge in [-0.1, -0.05) is 37.5 Å². The van der Waals surface area contributed by atoms with Gasteiger partial charge in [0.1, 0.15) is 5.75 Å². The summed E-state index contributed by atoms with van der Waals surface area (Å²) in [6.07, 6.45) is 7.88. The molecule has 2 aromatic rings. The van der Waals surface area contributed by atoms with Gasteiger partial charge in [0.15, 0.2) is 0 Å². The second-order valence-electron chi connectivity index (χ2n) is 8.79. The summed E-state index contributed by atoms with van der Waals surface area (Å²) in [5, 5.41) is 34.9. The van der Waals surface area contributed by atoms with Crippen LogP contribution in [0.1, 0.15) is 67.7 Å². The number of amides is 2. The van der Waals surface area contributed by atoms with Gasteiger partial charge in [-0.2, -0.15) is 0 Å². The van der Waals surface area contributed by atoms with Gasteiger partial charge < -0.3 is 36.4 Å². The standard InChI is InChI=1S/C27H41N3O5/c28-27(34)30-24-11-8-10-21(17-24)9-4-3-7-16-35-15-6-2-1-5-14-29-19-26(33)22-12-13-25(32)23(18-22)20-31/h8,10-13,17-18,26,29,31-33H,1-7,9,14-16,19-20H2,(H3,28,30,34)/t26-/m0/s1. The molecular weight excluding hydrogens is 446 g/mol. The Labute approximate surface area is 208 Å². The molecule has 0 saturated carbocycles. The van der Waals surface area contributed by atoms with Crippen LogP contribution in [0.5, 0.6) is 5.75 Å². The van der Waals surface area contributed by atoms with Crippen LogP contribution in [0.3, 0.4) is 0 Å². The average molecular weight is 488 g/mol.